The van der Waals surface area contributed by atoms with Gasteiger partial charge in [0, 0.05) is 18.0 Å². The molecule has 2 aliphatic rings. The summed E-state index contributed by atoms with van der Waals surface area (Å²) >= 11 is 0. The number of hydrogen-bond donors (Lipinski definition) is 2. The first-order chi connectivity index (χ1) is 12.6. The van der Waals surface area contributed by atoms with Gasteiger partial charge in [0.1, 0.15) is 12.4 Å². The van der Waals surface area contributed by atoms with Gasteiger partial charge in [-0.1, -0.05) is 0 Å². The van der Waals surface area contributed by atoms with Crippen molar-refractivity contribution in [2.45, 2.75) is 6.92 Å². The largest absolute Gasteiger partial charge is 0.491 e. The van der Waals surface area contributed by atoms with Gasteiger partial charge in [0.25, 0.3) is 0 Å². The Bertz CT molecular complexity index is 845. The van der Waals surface area contributed by atoms with E-state index < -0.39 is 0 Å². The Morgan fingerprint density at radius 2 is 1.62 bits per heavy atom. The number of carbonyl (C=O) groups excluding carboxylic acids is 2. The normalized spacial score (nSPS) is 16.2. The van der Waals surface area contributed by atoms with Crippen molar-refractivity contribution in [1.29, 1.82) is 0 Å². The Balaban J connectivity index is 1.76. The molecule has 0 radical (unpaired) electrons. The molecule has 6 nitrogen and oxygen atoms in total. The molecule has 0 fully saturated rings. The third-order valence-corrected chi connectivity index (χ3v) is 3.95. The van der Waals surface area contributed by atoms with E-state index in [0.29, 0.717) is 36.8 Å². The summed E-state index contributed by atoms with van der Waals surface area (Å²) in [5.74, 6) is 0.216. The van der Waals surface area contributed by atoms with E-state index in [0.717, 1.165) is 11.4 Å². The second-order valence-corrected chi connectivity index (χ2v) is 5.71. The number of ketones is 2. The van der Waals surface area contributed by atoms with Gasteiger partial charge in [-0.15, -0.1) is 0 Å². The lowest BCUT2D eigenvalue weighted by Gasteiger charge is -2.21. The summed E-state index contributed by atoms with van der Waals surface area (Å²) in [6, 6.07) is 7.32. The second-order valence-electron chi connectivity index (χ2n) is 5.71. The molecule has 134 valence electrons. The van der Waals surface area contributed by atoms with E-state index in [1.165, 1.54) is 18.2 Å². The molecule has 2 aliphatic carbocycles. The Morgan fingerprint density at radius 3 is 2.35 bits per heavy atom. The zero-order valence-corrected chi connectivity index (χ0v) is 14.5. The molecule has 0 saturated heterocycles. The highest BCUT2D eigenvalue weighted by Gasteiger charge is 2.29. The Hall–Kier alpha value is -3.12. The number of carbonyl (C=O) groups is 2. The van der Waals surface area contributed by atoms with E-state index in [-0.39, 0.29) is 17.1 Å². The van der Waals surface area contributed by atoms with Crippen LogP contribution in [-0.2, 0) is 14.3 Å². The third kappa shape index (κ3) is 3.75. The molecule has 0 aromatic heterocycles. The number of hydrogen-bond acceptors (Lipinski definition) is 6. The van der Waals surface area contributed by atoms with Gasteiger partial charge in [-0.05, 0) is 55.5 Å². The van der Waals surface area contributed by atoms with Crippen LogP contribution in [0.4, 0.5) is 5.69 Å². The van der Waals surface area contributed by atoms with E-state index in [4.69, 9.17) is 15.2 Å². The fourth-order valence-electron chi connectivity index (χ4n) is 2.72. The van der Waals surface area contributed by atoms with Crippen molar-refractivity contribution >= 4 is 17.3 Å². The lowest BCUT2D eigenvalue weighted by molar-refractivity contribution is -0.114. The first kappa shape index (κ1) is 17.7. The summed E-state index contributed by atoms with van der Waals surface area (Å²) in [5.41, 5.74) is 8.04. The van der Waals surface area contributed by atoms with Crippen molar-refractivity contribution in [2.75, 3.05) is 25.1 Å². The van der Waals surface area contributed by atoms with E-state index >= 15 is 0 Å². The van der Waals surface area contributed by atoms with Crippen molar-refractivity contribution in [3.63, 3.8) is 0 Å². The van der Waals surface area contributed by atoms with Gasteiger partial charge in [0.2, 0.25) is 0 Å². The third-order valence-electron chi connectivity index (χ3n) is 3.95. The maximum absolute atomic E-state index is 12.3. The average molecular weight is 352 g/mol. The van der Waals surface area contributed by atoms with Gasteiger partial charge < -0.3 is 20.5 Å². The smallest absolute Gasteiger partial charge is 0.188 e. The zero-order chi connectivity index (χ0) is 18.5. The monoisotopic (exact) mass is 352 g/mol. The van der Waals surface area contributed by atoms with Gasteiger partial charge in [-0.3, -0.25) is 9.59 Å². The predicted octanol–water partition coefficient (Wildman–Crippen LogP) is 2.26. The fourth-order valence-corrected chi connectivity index (χ4v) is 2.72. The zero-order valence-electron chi connectivity index (χ0n) is 14.5. The molecular weight excluding hydrogens is 332 g/mol. The second kappa shape index (κ2) is 7.84. The number of benzene rings is 1. The molecule has 0 atom stereocenters. The minimum Gasteiger partial charge on any atom is -0.491 e. The topological polar surface area (TPSA) is 90.7 Å². The molecule has 0 aliphatic heterocycles. The van der Waals surface area contributed by atoms with Crippen LogP contribution in [0.3, 0.4) is 0 Å². The number of rotatable bonds is 7. The maximum Gasteiger partial charge on any atom is 0.188 e. The average Bonchev–Trinajstić information content (AvgIpc) is 2.65. The molecule has 3 N–H and O–H groups in total. The highest BCUT2D eigenvalue weighted by molar-refractivity contribution is 6.23. The predicted molar refractivity (Wildman–Crippen MR) is 98.6 cm³/mol. The number of anilines is 1. The molecule has 0 unspecified atom stereocenters. The first-order valence-corrected chi connectivity index (χ1v) is 8.37. The molecule has 26 heavy (non-hydrogen) atoms. The Morgan fingerprint density at radius 1 is 0.923 bits per heavy atom. The van der Waals surface area contributed by atoms with Gasteiger partial charge in [-0.25, -0.2) is 0 Å². The molecule has 1 aromatic carbocycles. The van der Waals surface area contributed by atoms with Gasteiger partial charge in [0.15, 0.2) is 11.6 Å². The van der Waals surface area contributed by atoms with Gasteiger partial charge in [-0.2, -0.15) is 0 Å². The molecule has 3 rings (SSSR count). The van der Waals surface area contributed by atoms with E-state index in [1.807, 2.05) is 31.2 Å². The van der Waals surface area contributed by atoms with Crippen molar-refractivity contribution in [3.05, 3.63) is 71.1 Å². The summed E-state index contributed by atoms with van der Waals surface area (Å²) in [7, 11) is 0. The Kier molecular flexibility index (Phi) is 5.34. The number of allylic oxidation sites excluding steroid dienone is 6. The molecule has 1 aromatic rings. The van der Waals surface area contributed by atoms with Gasteiger partial charge >= 0.3 is 0 Å². The highest BCUT2D eigenvalue weighted by Crippen LogP contribution is 2.29. The van der Waals surface area contributed by atoms with Crippen LogP contribution in [0.2, 0.25) is 0 Å². The SMILES string of the molecule is CCOCCOc1ccc(NC2=C3C(=O)C=CC(N)=C3C(=O)C=C2)cc1. The summed E-state index contributed by atoms with van der Waals surface area (Å²) in [6.45, 7) is 3.62. The summed E-state index contributed by atoms with van der Waals surface area (Å²) in [5, 5.41) is 3.17. The lowest BCUT2D eigenvalue weighted by Crippen LogP contribution is -2.24. The fraction of sp³-hybridized carbons (Fsp3) is 0.200. The molecule has 6 heteroatoms. The quantitative estimate of drug-likeness (QED) is 0.732. The minimum atomic E-state index is -0.265. The van der Waals surface area contributed by atoms with Crippen LogP contribution in [-0.4, -0.2) is 31.4 Å². The van der Waals surface area contributed by atoms with Crippen LogP contribution in [0.5, 0.6) is 5.75 Å². The molecular formula is C20H20N2O4. The van der Waals surface area contributed by atoms with Crippen LogP contribution >= 0.6 is 0 Å². The number of nitrogens with two attached hydrogens (primary N) is 1. The maximum atomic E-state index is 12.3. The first-order valence-electron chi connectivity index (χ1n) is 8.37. The number of ether oxygens (including phenoxy) is 2. The molecule has 0 heterocycles. The van der Waals surface area contributed by atoms with E-state index in [9.17, 15) is 9.59 Å². The van der Waals surface area contributed by atoms with Crippen LogP contribution in [0.15, 0.2) is 71.1 Å². The van der Waals surface area contributed by atoms with Crippen LogP contribution < -0.4 is 15.8 Å². The molecule has 0 amide bonds. The molecule has 0 bridgehead atoms. The van der Waals surface area contributed by atoms with Gasteiger partial charge in [0.05, 0.1) is 23.5 Å². The van der Waals surface area contributed by atoms with Crippen LogP contribution in [0, 0.1) is 0 Å². The van der Waals surface area contributed by atoms with Crippen molar-refractivity contribution in [3.8, 4) is 5.75 Å². The summed E-state index contributed by atoms with van der Waals surface area (Å²) < 4.78 is 10.8. The van der Waals surface area contributed by atoms with Crippen molar-refractivity contribution in [2.24, 2.45) is 5.73 Å². The van der Waals surface area contributed by atoms with Crippen LogP contribution in [0.25, 0.3) is 0 Å². The number of nitrogens with one attached hydrogen (secondary N) is 1. The number of fused-ring (bicyclic) bond motifs is 1. The van der Waals surface area contributed by atoms with E-state index in [1.54, 1.807) is 6.08 Å². The van der Waals surface area contributed by atoms with E-state index in [2.05, 4.69) is 5.32 Å². The highest BCUT2D eigenvalue weighted by atomic mass is 16.5. The molecule has 0 spiro atoms. The van der Waals surface area contributed by atoms with Crippen molar-refractivity contribution < 1.29 is 19.1 Å². The minimum absolute atomic E-state index is 0.245. The lowest BCUT2D eigenvalue weighted by atomic mass is 9.86. The summed E-state index contributed by atoms with van der Waals surface area (Å²) in [6.07, 6.45) is 5.84. The van der Waals surface area contributed by atoms with Crippen LogP contribution in [0.1, 0.15) is 6.92 Å². The molecule has 0 saturated carbocycles. The Labute approximate surface area is 151 Å². The standard InChI is InChI=1S/C20H20N2O4/c1-2-25-11-12-26-14-5-3-13(4-6-14)22-16-8-10-17(23)19-15(21)7-9-18(24)20(16)19/h3-10,22H,2,11-12,21H2,1H3. The van der Waals surface area contributed by atoms with Crippen molar-refractivity contribution in [1.82, 2.24) is 0 Å². The summed E-state index contributed by atoms with van der Waals surface area (Å²) in [4.78, 5) is 24.3.